The van der Waals surface area contributed by atoms with Crippen LogP contribution in [-0.2, 0) is 0 Å². The molecule has 0 aromatic carbocycles. The van der Waals surface area contributed by atoms with E-state index in [0.29, 0.717) is 11.7 Å². The number of nitrogens with zero attached hydrogens (tertiary/aromatic N) is 4. The van der Waals surface area contributed by atoms with Crippen molar-refractivity contribution in [3.8, 4) is 0 Å². The number of amidine groups is 2. The minimum atomic E-state index is 0.0371. The molecule has 1 aliphatic rings. The van der Waals surface area contributed by atoms with Gasteiger partial charge >= 0.3 is 17.7 Å². The standard InChI is InChI=1S/C6H8N6O/c1-3-8-9-4(12(3)2)5-10-11-6(7)13-5/h1-2H3,(H2,7,11)/p+1. The summed E-state index contributed by atoms with van der Waals surface area (Å²) in [6.07, 6.45) is 0. The topological polar surface area (TPSA) is 94.1 Å². The first-order valence-electron chi connectivity index (χ1n) is 3.74. The minimum absolute atomic E-state index is 0.0371. The maximum atomic E-state index is 5.28. The Morgan fingerprint density at radius 3 is 2.54 bits per heavy atom. The first-order chi connectivity index (χ1) is 6.18. The number of rotatable bonds is 1. The molecule has 7 heteroatoms. The zero-order valence-electron chi connectivity index (χ0n) is 7.27. The second-order valence-corrected chi connectivity index (χ2v) is 2.70. The van der Waals surface area contributed by atoms with Crippen LogP contribution in [0.5, 0.6) is 0 Å². The van der Waals surface area contributed by atoms with Crippen molar-refractivity contribution in [2.45, 2.75) is 6.92 Å². The summed E-state index contributed by atoms with van der Waals surface area (Å²) in [7, 11) is 1.89. The number of quaternary nitrogens is 1. The SMILES string of the molecule is CC1=NN=C(c2nnc(N)o2)[NH+]1C. The second kappa shape index (κ2) is 2.63. The van der Waals surface area contributed by atoms with Crippen molar-refractivity contribution in [2.24, 2.45) is 10.2 Å². The summed E-state index contributed by atoms with van der Waals surface area (Å²) in [5.74, 6) is 1.77. The summed E-state index contributed by atoms with van der Waals surface area (Å²) in [6, 6.07) is 0.0371. The molecular formula is C6H9N6O+. The van der Waals surface area contributed by atoms with E-state index < -0.39 is 0 Å². The summed E-state index contributed by atoms with van der Waals surface area (Å²) in [6.45, 7) is 1.87. The molecule has 7 nitrogen and oxygen atoms in total. The van der Waals surface area contributed by atoms with Gasteiger partial charge in [0.1, 0.15) is 0 Å². The number of nitrogens with two attached hydrogens (primary N) is 1. The molecule has 0 saturated heterocycles. The number of nitrogens with one attached hydrogen (secondary N) is 1. The van der Waals surface area contributed by atoms with E-state index in [1.54, 1.807) is 0 Å². The van der Waals surface area contributed by atoms with Crippen LogP contribution in [0.1, 0.15) is 12.8 Å². The fourth-order valence-electron chi connectivity index (χ4n) is 0.980. The van der Waals surface area contributed by atoms with Crippen molar-refractivity contribution in [2.75, 3.05) is 12.8 Å². The highest BCUT2D eigenvalue weighted by atomic mass is 16.4. The Bertz CT molecular complexity index is 392. The average Bonchev–Trinajstić information content (AvgIpc) is 2.62. The molecular weight excluding hydrogens is 172 g/mol. The Balaban J connectivity index is 2.31. The predicted octanol–water partition coefficient (Wildman–Crippen LogP) is -1.74. The molecule has 0 amide bonds. The van der Waals surface area contributed by atoms with Crippen LogP contribution in [0, 0.1) is 0 Å². The lowest BCUT2D eigenvalue weighted by Crippen LogP contribution is -3.12. The molecule has 2 rings (SSSR count). The average molecular weight is 181 g/mol. The Kier molecular flexibility index (Phi) is 1.59. The van der Waals surface area contributed by atoms with E-state index in [9.17, 15) is 0 Å². The van der Waals surface area contributed by atoms with Crippen molar-refractivity contribution >= 4 is 17.7 Å². The normalized spacial score (nSPS) is 21.5. The lowest BCUT2D eigenvalue weighted by molar-refractivity contribution is -0.672. The molecule has 0 saturated carbocycles. The van der Waals surface area contributed by atoms with Gasteiger partial charge in [-0.25, -0.2) is 4.90 Å². The maximum Gasteiger partial charge on any atom is 0.327 e. The fourth-order valence-corrected chi connectivity index (χ4v) is 0.980. The van der Waals surface area contributed by atoms with Crippen molar-refractivity contribution in [3.05, 3.63) is 5.89 Å². The molecule has 68 valence electrons. The predicted molar refractivity (Wildman–Crippen MR) is 45.2 cm³/mol. The van der Waals surface area contributed by atoms with E-state index in [1.807, 2.05) is 14.0 Å². The van der Waals surface area contributed by atoms with Gasteiger partial charge in [-0.05, 0) is 0 Å². The van der Waals surface area contributed by atoms with Gasteiger partial charge in [0.15, 0.2) is 0 Å². The van der Waals surface area contributed by atoms with Crippen molar-refractivity contribution in [1.82, 2.24) is 10.2 Å². The number of nitrogen functional groups attached to an aromatic ring is 1. The van der Waals surface area contributed by atoms with Crippen LogP contribution >= 0.6 is 0 Å². The molecule has 0 bridgehead atoms. The Labute approximate surface area is 73.9 Å². The van der Waals surface area contributed by atoms with Crippen LogP contribution in [-0.4, -0.2) is 28.9 Å². The van der Waals surface area contributed by atoms with Gasteiger partial charge in [0.2, 0.25) is 5.84 Å². The van der Waals surface area contributed by atoms with E-state index in [2.05, 4.69) is 20.4 Å². The molecule has 0 fully saturated rings. The summed E-state index contributed by atoms with van der Waals surface area (Å²) in [5, 5.41) is 15.0. The van der Waals surface area contributed by atoms with E-state index in [-0.39, 0.29) is 6.01 Å². The van der Waals surface area contributed by atoms with Crippen LogP contribution in [0.3, 0.4) is 0 Å². The minimum Gasteiger partial charge on any atom is -0.397 e. The smallest absolute Gasteiger partial charge is 0.327 e. The molecule has 2 heterocycles. The van der Waals surface area contributed by atoms with Crippen molar-refractivity contribution in [1.29, 1.82) is 0 Å². The monoisotopic (exact) mass is 181 g/mol. The van der Waals surface area contributed by atoms with Gasteiger partial charge in [0.05, 0.1) is 7.05 Å². The number of hydrogen-bond acceptors (Lipinski definition) is 6. The maximum absolute atomic E-state index is 5.28. The Morgan fingerprint density at radius 1 is 1.31 bits per heavy atom. The Morgan fingerprint density at radius 2 is 2.08 bits per heavy atom. The van der Waals surface area contributed by atoms with E-state index in [4.69, 9.17) is 10.2 Å². The van der Waals surface area contributed by atoms with Crippen molar-refractivity contribution < 1.29 is 9.32 Å². The molecule has 13 heavy (non-hydrogen) atoms. The third-order valence-electron chi connectivity index (χ3n) is 1.84. The lowest BCUT2D eigenvalue weighted by atomic mass is 10.5. The Hall–Kier alpha value is -1.76. The number of anilines is 1. The molecule has 3 N–H and O–H groups in total. The number of hydrogen-bond donors (Lipinski definition) is 2. The zero-order valence-corrected chi connectivity index (χ0v) is 7.27. The quantitative estimate of drug-likeness (QED) is 0.537. The van der Waals surface area contributed by atoms with Crippen molar-refractivity contribution in [3.63, 3.8) is 0 Å². The van der Waals surface area contributed by atoms with Gasteiger partial charge in [-0.15, -0.1) is 0 Å². The molecule has 1 aromatic rings. The first-order valence-corrected chi connectivity index (χ1v) is 3.74. The molecule has 0 spiro atoms. The third-order valence-corrected chi connectivity index (χ3v) is 1.84. The zero-order chi connectivity index (χ0) is 9.42. The van der Waals surface area contributed by atoms with Crippen LogP contribution in [0.4, 0.5) is 6.01 Å². The van der Waals surface area contributed by atoms with Gasteiger partial charge in [-0.3, -0.25) is 0 Å². The largest absolute Gasteiger partial charge is 0.397 e. The van der Waals surface area contributed by atoms with Crippen LogP contribution in [0.2, 0.25) is 0 Å². The second-order valence-electron chi connectivity index (χ2n) is 2.70. The highest BCUT2D eigenvalue weighted by Crippen LogP contribution is 2.01. The van der Waals surface area contributed by atoms with Gasteiger partial charge < -0.3 is 10.2 Å². The summed E-state index contributed by atoms with van der Waals surface area (Å²) in [4.78, 5) is 0.934. The molecule has 0 aliphatic carbocycles. The van der Waals surface area contributed by atoms with E-state index in [0.717, 1.165) is 10.7 Å². The number of aromatic nitrogens is 2. The molecule has 0 radical (unpaired) electrons. The molecule has 1 aliphatic heterocycles. The van der Waals surface area contributed by atoms with E-state index in [1.165, 1.54) is 0 Å². The van der Waals surface area contributed by atoms with Gasteiger partial charge in [-0.2, -0.15) is 0 Å². The van der Waals surface area contributed by atoms with Crippen LogP contribution in [0.15, 0.2) is 14.6 Å². The van der Waals surface area contributed by atoms with E-state index >= 15 is 0 Å². The molecule has 1 unspecified atom stereocenters. The highest BCUT2D eigenvalue weighted by molar-refractivity contribution is 5.96. The third kappa shape index (κ3) is 1.18. The van der Waals surface area contributed by atoms with Gasteiger partial charge in [0, 0.05) is 6.92 Å². The highest BCUT2D eigenvalue weighted by Gasteiger charge is 2.28. The van der Waals surface area contributed by atoms with Gasteiger partial charge in [-0.1, -0.05) is 20.4 Å². The fraction of sp³-hybridized carbons (Fsp3) is 0.333. The summed E-state index contributed by atoms with van der Waals surface area (Å²) >= 11 is 0. The lowest BCUT2D eigenvalue weighted by Gasteiger charge is -2.02. The first kappa shape index (κ1) is 7.87. The molecule has 1 aromatic heterocycles. The van der Waals surface area contributed by atoms with Crippen LogP contribution < -0.4 is 10.6 Å². The molecule has 1 atom stereocenters. The van der Waals surface area contributed by atoms with Crippen LogP contribution in [0.25, 0.3) is 0 Å². The van der Waals surface area contributed by atoms with Gasteiger partial charge in [0.25, 0.3) is 0 Å². The summed E-state index contributed by atoms with van der Waals surface area (Å²) in [5.41, 5.74) is 5.28. The summed E-state index contributed by atoms with van der Waals surface area (Å²) < 4.78 is 5.02.